The lowest BCUT2D eigenvalue weighted by Crippen LogP contribution is -2.37. The van der Waals surface area contributed by atoms with Crippen molar-refractivity contribution < 1.29 is 13.2 Å². The minimum atomic E-state index is -2.95. The van der Waals surface area contributed by atoms with Gasteiger partial charge in [-0.05, 0) is 37.8 Å². The number of rotatable bonds is 7. The number of amides is 1. The zero-order valence-electron chi connectivity index (χ0n) is 14.7. The number of carbonyl (C=O) groups is 1. The number of sulfone groups is 1. The fourth-order valence-corrected chi connectivity index (χ4v) is 4.65. The molecule has 1 atom stereocenters. The molecule has 6 nitrogen and oxygen atoms in total. The Balaban J connectivity index is 2.09. The van der Waals surface area contributed by atoms with Crippen molar-refractivity contribution in [3.63, 3.8) is 0 Å². The van der Waals surface area contributed by atoms with Crippen molar-refractivity contribution in [1.82, 2.24) is 10.3 Å². The third-order valence-electron chi connectivity index (χ3n) is 4.30. The van der Waals surface area contributed by atoms with E-state index in [4.69, 9.17) is 0 Å². The number of anilines is 1. The highest BCUT2D eigenvalue weighted by Crippen LogP contribution is 2.23. The van der Waals surface area contributed by atoms with E-state index in [0.717, 1.165) is 6.42 Å². The predicted octanol–water partition coefficient (Wildman–Crippen LogP) is 1.87. The van der Waals surface area contributed by atoms with Gasteiger partial charge in [-0.15, -0.1) is 0 Å². The summed E-state index contributed by atoms with van der Waals surface area (Å²) >= 11 is 0. The number of pyridine rings is 1. The molecule has 1 N–H and O–H groups in total. The normalized spacial score (nSPS) is 19.4. The van der Waals surface area contributed by atoms with Crippen LogP contribution in [0.3, 0.4) is 0 Å². The van der Waals surface area contributed by atoms with Gasteiger partial charge in [-0.1, -0.05) is 13.8 Å². The molecule has 134 valence electrons. The largest absolute Gasteiger partial charge is 0.353 e. The molecule has 1 aromatic rings. The fourth-order valence-electron chi connectivity index (χ4n) is 2.92. The van der Waals surface area contributed by atoms with Crippen LogP contribution in [0.25, 0.3) is 0 Å². The summed E-state index contributed by atoms with van der Waals surface area (Å²) in [6.07, 6.45) is 3.16. The van der Waals surface area contributed by atoms with Crippen LogP contribution in [0.5, 0.6) is 0 Å². The molecule has 0 aromatic carbocycles. The van der Waals surface area contributed by atoms with E-state index >= 15 is 0 Å². The zero-order chi connectivity index (χ0) is 17.7. The molecule has 1 unspecified atom stereocenters. The Labute approximate surface area is 144 Å². The van der Waals surface area contributed by atoms with Gasteiger partial charge >= 0.3 is 0 Å². The Kier molecular flexibility index (Phi) is 6.21. The second-order valence-electron chi connectivity index (χ2n) is 6.68. The number of nitrogens with zero attached hydrogens (tertiary/aromatic N) is 2. The SMILES string of the molecule is CCN(c1cc(C(=O)NCCC(C)C)ccn1)C1CCS(=O)(=O)C1. The minimum absolute atomic E-state index is 0.0632. The summed E-state index contributed by atoms with van der Waals surface area (Å²) in [5.41, 5.74) is 0.558. The molecule has 24 heavy (non-hydrogen) atoms. The van der Waals surface area contributed by atoms with Crippen molar-refractivity contribution in [3.8, 4) is 0 Å². The third kappa shape index (κ3) is 4.93. The van der Waals surface area contributed by atoms with Gasteiger partial charge in [0.1, 0.15) is 5.82 Å². The molecule has 0 bridgehead atoms. The van der Waals surface area contributed by atoms with Gasteiger partial charge in [0.2, 0.25) is 0 Å². The smallest absolute Gasteiger partial charge is 0.251 e. The maximum atomic E-state index is 12.3. The van der Waals surface area contributed by atoms with Crippen LogP contribution in [0.1, 0.15) is 44.0 Å². The molecular weight excluding hydrogens is 326 g/mol. The number of carbonyl (C=O) groups excluding carboxylic acids is 1. The van der Waals surface area contributed by atoms with Crippen LogP contribution in [0.4, 0.5) is 5.82 Å². The van der Waals surface area contributed by atoms with Gasteiger partial charge in [-0.2, -0.15) is 0 Å². The monoisotopic (exact) mass is 353 g/mol. The highest BCUT2D eigenvalue weighted by atomic mass is 32.2. The first kappa shape index (κ1) is 18.7. The molecule has 0 spiro atoms. The van der Waals surface area contributed by atoms with Crippen molar-refractivity contribution >= 4 is 21.6 Å². The van der Waals surface area contributed by atoms with E-state index in [2.05, 4.69) is 24.1 Å². The number of hydrogen-bond acceptors (Lipinski definition) is 5. The Morgan fingerprint density at radius 2 is 2.21 bits per heavy atom. The van der Waals surface area contributed by atoms with Gasteiger partial charge in [0.25, 0.3) is 5.91 Å². The fraction of sp³-hybridized carbons (Fsp3) is 0.647. The number of aromatic nitrogens is 1. The third-order valence-corrected chi connectivity index (χ3v) is 6.05. The van der Waals surface area contributed by atoms with Gasteiger partial charge in [0.05, 0.1) is 11.5 Å². The number of hydrogen-bond donors (Lipinski definition) is 1. The molecule has 0 radical (unpaired) electrons. The maximum absolute atomic E-state index is 12.3. The molecule has 1 saturated heterocycles. The Morgan fingerprint density at radius 1 is 1.46 bits per heavy atom. The summed E-state index contributed by atoms with van der Waals surface area (Å²) in [5.74, 6) is 1.47. The van der Waals surface area contributed by atoms with Crippen LogP contribution in [-0.2, 0) is 9.84 Å². The van der Waals surface area contributed by atoms with E-state index in [-0.39, 0.29) is 23.5 Å². The average molecular weight is 353 g/mol. The quantitative estimate of drug-likeness (QED) is 0.809. The Morgan fingerprint density at radius 3 is 2.79 bits per heavy atom. The number of nitrogens with one attached hydrogen (secondary N) is 1. The second kappa shape index (κ2) is 7.96. The van der Waals surface area contributed by atoms with Crippen LogP contribution in [0, 0.1) is 5.92 Å². The summed E-state index contributed by atoms with van der Waals surface area (Å²) in [6, 6.07) is 3.37. The van der Waals surface area contributed by atoms with Crippen molar-refractivity contribution in [2.45, 2.75) is 39.7 Å². The van der Waals surface area contributed by atoms with Crippen molar-refractivity contribution in [2.75, 3.05) is 29.5 Å². The predicted molar refractivity (Wildman–Crippen MR) is 96.1 cm³/mol. The van der Waals surface area contributed by atoms with Crippen molar-refractivity contribution in [1.29, 1.82) is 0 Å². The van der Waals surface area contributed by atoms with Crippen LogP contribution >= 0.6 is 0 Å². The molecule has 1 aromatic heterocycles. The lowest BCUT2D eigenvalue weighted by molar-refractivity contribution is 0.0952. The van der Waals surface area contributed by atoms with Crippen LogP contribution < -0.4 is 10.2 Å². The minimum Gasteiger partial charge on any atom is -0.353 e. The van der Waals surface area contributed by atoms with E-state index in [1.165, 1.54) is 0 Å². The molecular formula is C17H27N3O3S. The van der Waals surface area contributed by atoms with E-state index in [1.807, 2.05) is 11.8 Å². The molecule has 0 aliphatic carbocycles. The first-order valence-corrected chi connectivity index (χ1v) is 10.4. The average Bonchev–Trinajstić information content (AvgIpc) is 2.88. The molecule has 0 saturated carbocycles. The standard InChI is InChI=1S/C17H27N3O3S/c1-4-20(15-7-10-24(22,23)12-15)16-11-14(6-9-18-16)17(21)19-8-5-13(2)3/h6,9,11,13,15H,4-5,7-8,10,12H2,1-3H3,(H,19,21). The lowest BCUT2D eigenvalue weighted by Gasteiger charge is -2.28. The van der Waals surface area contributed by atoms with E-state index < -0.39 is 9.84 Å². The van der Waals surface area contributed by atoms with Crippen LogP contribution in [-0.4, -0.2) is 49.9 Å². The summed E-state index contributed by atoms with van der Waals surface area (Å²) in [5, 5.41) is 2.92. The topological polar surface area (TPSA) is 79.4 Å². The van der Waals surface area contributed by atoms with E-state index in [1.54, 1.807) is 18.3 Å². The molecule has 1 fully saturated rings. The molecule has 2 rings (SSSR count). The molecule has 1 aliphatic heterocycles. The van der Waals surface area contributed by atoms with Gasteiger partial charge in [-0.25, -0.2) is 13.4 Å². The summed E-state index contributed by atoms with van der Waals surface area (Å²) in [4.78, 5) is 18.6. The van der Waals surface area contributed by atoms with E-state index in [9.17, 15) is 13.2 Å². The van der Waals surface area contributed by atoms with E-state index in [0.29, 0.717) is 36.8 Å². The molecule has 7 heteroatoms. The van der Waals surface area contributed by atoms with Crippen molar-refractivity contribution in [2.24, 2.45) is 5.92 Å². The molecule has 1 aliphatic rings. The van der Waals surface area contributed by atoms with Crippen LogP contribution in [0.15, 0.2) is 18.3 Å². The summed E-state index contributed by atoms with van der Waals surface area (Å²) in [7, 11) is -2.95. The maximum Gasteiger partial charge on any atom is 0.251 e. The summed E-state index contributed by atoms with van der Waals surface area (Å²) in [6.45, 7) is 7.51. The van der Waals surface area contributed by atoms with Crippen molar-refractivity contribution in [3.05, 3.63) is 23.9 Å². The van der Waals surface area contributed by atoms with Gasteiger partial charge < -0.3 is 10.2 Å². The summed E-state index contributed by atoms with van der Waals surface area (Å²) < 4.78 is 23.5. The highest BCUT2D eigenvalue weighted by molar-refractivity contribution is 7.91. The highest BCUT2D eigenvalue weighted by Gasteiger charge is 2.32. The zero-order valence-corrected chi connectivity index (χ0v) is 15.5. The Bertz CT molecular complexity index is 673. The van der Waals surface area contributed by atoms with Gasteiger partial charge in [-0.3, -0.25) is 4.79 Å². The molecule has 2 heterocycles. The first-order valence-electron chi connectivity index (χ1n) is 8.53. The van der Waals surface area contributed by atoms with Gasteiger partial charge in [0.15, 0.2) is 9.84 Å². The second-order valence-corrected chi connectivity index (χ2v) is 8.91. The lowest BCUT2D eigenvalue weighted by atomic mass is 10.1. The molecule has 1 amide bonds. The first-order chi connectivity index (χ1) is 11.3. The van der Waals surface area contributed by atoms with Crippen LogP contribution in [0.2, 0.25) is 0 Å². The van der Waals surface area contributed by atoms with Gasteiger partial charge in [0, 0.05) is 30.9 Å². The Hall–Kier alpha value is -1.63.